The quantitative estimate of drug-likeness (QED) is 0.538. The van der Waals surface area contributed by atoms with Crippen molar-refractivity contribution in [3.8, 4) is 17.1 Å². The number of hydrogen-bond acceptors (Lipinski definition) is 4. The van der Waals surface area contributed by atoms with Crippen molar-refractivity contribution in [2.24, 2.45) is 0 Å². The van der Waals surface area contributed by atoms with E-state index in [1.54, 1.807) is 23.0 Å². The molecule has 0 aliphatic carbocycles. The fourth-order valence-electron chi connectivity index (χ4n) is 2.42. The van der Waals surface area contributed by atoms with Crippen molar-refractivity contribution in [3.63, 3.8) is 0 Å². The molecule has 2 aromatic carbocycles. The van der Waals surface area contributed by atoms with E-state index in [4.69, 9.17) is 0 Å². The van der Waals surface area contributed by atoms with E-state index in [2.05, 4.69) is 41.5 Å². The zero-order valence-electron chi connectivity index (χ0n) is 13.4. The van der Waals surface area contributed by atoms with Gasteiger partial charge in [-0.1, -0.05) is 28.1 Å². The van der Waals surface area contributed by atoms with Gasteiger partial charge >= 0.3 is 0 Å². The summed E-state index contributed by atoms with van der Waals surface area (Å²) in [5, 5.41) is 13.7. The highest BCUT2D eigenvalue weighted by atomic mass is 79.9. The molecular formula is C18H13BrN6O. The van der Waals surface area contributed by atoms with Crippen LogP contribution in [0, 0.1) is 0 Å². The predicted octanol–water partition coefficient (Wildman–Crippen LogP) is 3.67. The van der Waals surface area contributed by atoms with Crippen LogP contribution in [-0.4, -0.2) is 30.9 Å². The summed E-state index contributed by atoms with van der Waals surface area (Å²) in [5.41, 5.74) is 2.27. The van der Waals surface area contributed by atoms with Crippen molar-refractivity contribution in [1.29, 1.82) is 0 Å². The Labute approximate surface area is 157 Å². The lowest BCUT2D eigenvalue weighted by atomic mass is 10.2. The second-order valence-corrected chi connectivity index (χ2v) is 6.38. The molecule has 4 rings (SSSR count). The van der Waals surface area contributed by atoms with Crippen LogP contribution in [0.5, 0.6) is 0 Å². The smallest absolute Gasteiger partial charge is 0.258 e. The van der Waals surface area contributed by atoms with Crippen LogP contribution in [0.2, 0.25) is 0 Å². The summed E-state index contributed by atoms with van der Waals surface area (Å²) in [6.07, 6.45) is 3.54. The van der Waals surface area contributed by atoms with Gasteiger partial charge in [-0.2, -0.15) is 10.1 Å². The Bertz CT molecular complexity index is 1020. The van der Waals surface area contributed by atoms with E-state index in [-0.39, 0.29) is 11.9 Å². The highest BCUT2D eigenvalue weighted by Gasteiger charge is 2.11. The number of hydrogen-bond donors (Lipinski definition) is 2. The maximum Gasteiger partial charge on any atom is 0.258 e. The molecule has 2 aromatic heterocycles. The van der Waals surface area contributed by atoms with Crippen molar-refractivity contribution in [2.45, 2.75) is 0 Å². The van der Waals surface area contributed by atoms with Gasteiger partial charge in [-0.25, -0.2) is 4.68 Å². The maximum absolute atomic E-state index is 12.4. The summed E-state index contributed by atoms with van der Waals surface area (Å²) >= 11 is 3.39. The summed E-state index contributed by atoms with van der Waals surface area (Å²) in [6, 6.07) is 16.6. The van der Waals surface area contributed by atoms with E-state index >= 15 is 0 Å². The van der Waals surface area contributed by atoms with Crippen LogP contribution in [0.3, 0.4) is 0 Å². The number of nitrogens with one attached hydrogen (secondary N) is 2. The van der Waals surface area contributed by atoms with Crippen molar-refractivity contribution in [3.05, 3.63) is 77.0 Å². The molecule has 0 aliphatic rings. The number of amides is 1. The topological polar surface area (TPSA) is 88.5 Å². The lowest BCUT2D eigenvalue weighted by Gasteiger charge is -2.04. The molecule has 0 fully saturated rings. The van der Waals surface area contributed by atoms with Gasteiger partial charge < -0.3 is 0 Å². The molecule has 0 bridgehead atoms. The number of nitrogens with zero attached hydrogens (tertiary/aromatic N) is 4. The number of benzene rings is 2. The second kappa shape index (κ2) is 6.93. The summed E-state index contributed by atoms with van der Waals surface area (Å²) < 4.78 is 2.70. The Balaban J connectivity index is 1.47. The molecule has 4 aromatic rings. The minimum atomic E-state index is -0.279. The number of aromatic nitrogens is 5. The number of H-pyrrole nitrogens is 1. The standard InChI is InChI=1S/C18H13BrN6O/c19-14-6-2-12(3-7-14)16-21-18(24-23-16)22-17(26)13-4-8-15(9-5-13)25-11-1-10-20-25/h1-11H,(H2,21,22,23,24,26). The van der Waals surface area contributed by atoms with Crippen molar-refractivity contribution >= 4 is 27.8 Å². The SMILES string of the molecule is O=C(Nc1n[nH]c(-c2ccc(Br)cc2)n1)c1ccc(-n2cccn2)cc1. The maximum atomic E-state index is 12.4. The molecule has 7 nitrogen and oxygen atoms in total. The van der Waals surface area contributed by atoms with E-state index in [1.807, 2.05) is 48.7 Å². The fraction of sp³-hybridized carbons (Fsp3) is 0. The molecule has 0 saturated heterocycles. The molecule has 8 heteroatoms. The third-order valence-corrected chi connectivity index (χ3v) is 4.26. The highest BCUT2D eigenvalue weighted by molar-refractivity contribution is 9.10. The van der Waals surface area contributed by atoms with Crippen molar-refractivity contribution in [2.75, 3.05) is 5.32 Å². The molecule has 0 saturated carbocycles. The summed E-state index contributed by atoms with van der Waals surface area (Å²) in [6.45, 7) is 0. The lowest BCUT2D eigenvalue weighted by Crippen LogP contribution is -2.13. The van der Waals surface area contributed by atoms with Crippen LogP contribution in [0.15, 0.2) is 71.5 Å². The molecule has 0 spiro atoms. The van der Waals surface area contributed by atoms with Gasteiger partial charge in [0.05, 0.1) is 5.69 Å². The Morgan fingerprint density at radius 2 is 1.85 bits per heavy atom. The first-order chi connectivity index (χ1) is 12.7. The summed E-state index contributed by atoms with van der Waals surface area (Å²) in [7, 11) is 0. The van der Waals surface area contributed by atoms with E-state index < -0.39 is 0 Å². The fourth-order valence-corrected chi connectivity index (χ4v) is 2.68. The third kappa shape index (κ3) is 3.40. The molecule has 0 atom stereocenters. The summed E-state index contributed by atoms with van der Waals surface area (Å²) in [4.78, 5) is 16.7. The van der Waals surface area contributed by atoms with Crippen LogP contribution in [0.25, 0.3) is 17.1 Å². The summed E-state index contributed by atoms with van der Waals surface area (Å²) in [5.74, 6) is 0.532. The zero-order chi connectivity index (χ0) is 17.9. The monoisotopic (exact) mass is 408 g/mol. The number of rotatable bonds is 4. The van der Waals surface area contributed by atoms with Gasteiger partial charge in [0.2, 0.25) is 5.95 Å². The first kappa shape index (κ1) is 16.2. The van der Waals surface area contributed by atoms with Crippen molar-refractivity contribution in [1.82, 2.24) is 25.0 Å². The number of halogens is 1. The first-order valence-corrected chi connectivity index (χ1v) is 8.58. The van der Waals surface area contributed by atoms with Gasteiger partial charge in [-0.05, 0) is 42.5 Å². The van der Waals surface area contributed by atoms with Crippen LogP contribution < -0.4 is 5.32 Å². The minimum absolute atomic E-state index is 0.226. The first-order valence-electron chi connectivity index (χ1n) is 7.79. The largest absolute Gasteiger partial charge is 0.289 e. The Kier molecular flexibility index (Phi) is 4.32. The molecular weight excluding hydrogens is 396 g/mol. The molecule has 128 valence electrons. The Morgan fingerprint density at radius 3 is 2.54 bits per heavy atom. The number of carbonyl (C=O) groups excluding carboxylic acids is 1. The van der Waals surface area contributed by atoms with Gasteiger partial charge in [0.25, 0.3) is 5.91 Å². The van der Waals surface area contributed by atoms with Gasteiger partial charge in [0.15, 0.2) is 5.82 Å². The predicted molar refractivity (Wildman–Crippen MR) is 101 cm³/mol. The van der Waals surface area contributed by atoms with Crippen LogP contribution in [-0.2, 0) is 0 Å². The number of anilines is 1. The van der Waals surface area contributed by atoms with Gasteiger partial charge in [0.1, 0.15) is 0 Å². The van der Waals surface area contributed by atoms with E-state index in [0.717, 1.165) is 15.7 Å². The minimum Gasteiger partial charge on any atom is -0.289 e. The average Bonchev–Trinajstić information content (AvgIpc) is 3.35. The molecule has 26 heavy (non-hydrogen) atoms. The third-order valence-electron chi connectivity index (χ3n) is 3.73. The Morgan fingerprint density at radius 1 is 1.08 bits per heavy atom. The molecule has 2 N–H and O–H groups in total. The van der Waals surface area contributed by atoms with E-state index in [0.29, 0.717) is 11.4 Å². The Hall–Kier alpha value is -3.26. The van der Waals surface area contributed by atoms with Gasteiger partial charge in [0, 0.05) is 28.0 Å². The normalized spacial score (nSPS) is 10.7. The highest BCUT2D eigenvalue weighted by Crippen LogP contribution is 2.19. The lowest BCUT2D eigenvalue weighted by molar-refractivity contribution is 0.102. The molecule has 1 amide bonds. The van der Waals surface area contributed by atoms with Crippen LogP contribution in [0.4, 0.5) is 5.95 Å². The van der Waals surface area contributed by atoms with Crippen LogP contribution >= 0.6 is 15.9 Å². The van der Waals surface area contributed by atoms with Gasteiger partial charge in [-0.15, -0.1) is 5.10 Å². The molecule has 2 heterocycles. The average molecular weight is 409 g/mol. The van der Waals surface area contributed by atoms with Crippen LogP contribution in [0.1, 0.15) is 10.4 Å². The zero-order valence-corrected chi connectivity index (χ0v) is 15.0. The van der Waals surface area contributed by atoms with Crippen molar-refractivity contribution < 1.29 is 4.79 Å². The second-order valence-electron chi connectivity index (χ2n) is 5.47. The van der Waals surface area contributed by atoms with E-state index in [9.17, 15) is 4.79 Å². The van der Waals surface area contributed by atoms with E-state index in [1.165, 1.54) is 0 Å². The van der Waals surface area contributed by atoms with Gasteiger partial charge in [-0.3, -0.25) is 15.2 Å². The number of carbonyl (C=O) groups is 1. The molecule has 0 radical (unpaired) electrons. The molecule has 0 aliphatic heterocycles. The number of aromatic amines is 1. The molecule has 0 unspecified atom stereocenters.